The van der Waals surface area contributed by atoms with E-state index in [0.29, 0.717) is 0 Å². The van der Waals surface area contributed by atoms with Crippen LogP contribution in [0.2, 0.25) is 0 Å². The predicted molar refractivity (Wildman–Crippen MR) is 84.1 cm³/mol. The van der Waals surface area contributed by atoms with Gasteiger partial charge >= 0.3 is 6.09 Å². The number of carbonyl (C=O) groups excluding carboxylic acids is 2. The number of hydrogen-bond donors (Lipinski definition) is 0. The average molecular weight is 349 g/mol. The van der Waals surface area contributed by atoms with Gasteiger partial charge in [-0.25, -0.2) is 13.6 Å². The molecule has 0 radical (unpaired) electrons. The monoisotopic (exact) mass is 349 g/mol. The summed E-state index contributed by atoms with van der Waals surface area (Å²) in [5.74, 6) is -1.62. The van der Waals surface area contributed by atoms with Crippen LogP contribution in [-0.4, -0.2) is 37.6 Å². The van der Waals surface area contributed by atoms with Gasteiger partial charge in [0.2, 0.25) is 0 Å². The zero-order valence-electron chi connectivity index (χ0n) is 12.9. The first-order valence-electron chi connectivity index (χ1n) is 7.45. The maximum absolute atomic E-state index is 14.5. The van der Waals surface area contributed by atoms with E-state index in [4.69, 9.17) is 10.3 Å². The van der Waals surface area contributed by atoms with Crippen LogP contribution in [0.15, 0.2) is 29.5 Å². The third-order valence-corrected chi connectivity index (χ3v) is 3.88. The molecular weight excluding hydrogens is 336 g/mol. The fraction of sp³-hybridized carbons (Fsp3) is 0.333. The lowest BCUT2D eigenvalue weighted by molar-refractivity contribution is -0.114. The second-order valence-electron chi connectivity index (χ2n) is 5.51. The predicted octanol–water partition coefficient (Wildman–Crippen LogP) is 2.89. The van der Waals surface area contributed by atoms with Gasteiger partial charge in [0, 0.05) is 36.2 Å². The number of azide groups is 1. The standard InChI is InChI=1S/C15H13F2N5O3/c16-11-6-14(22-8-10(7-19-20-18)25-15(22)24)12(17)5-13(11)21-3-1-9(23)2-4-21/h1,3,5-6,10H,2,4,7-8H2. The van der Waals surface area contributed by atoms with Crippen LogP contribution in [0.1, 0.15) is 6.42 Å². The molecule has 130 valence electrons. The summed E-state index contributed by atoms with van der Waals surface area (Å²) in [6.45, 7) is 0.101. The summed E-state index contributed by atoms with van der Waals surface area (Å²) >= 11 is 0. The summed E-state index contributed by atoms with van der Waals surface area (Å²) in [7, 11) is 0. The van der Waals surface area contributed by atoms with Crippen LogP contribution in [0.4, 0.5) is 25.0 Å². The largest absolute Gasteiger partial charge is 0.444 e. The van der Waals surface area contributed by atoms with Crippen molar-refractivity contribution in [2.75, 3.05) is 29.4 Å². The second-order valence-corrected chi connectivity index (χ2v) is 5.51. The van der Waals surface area contributed by atoms with E-state index in [1.165, 1.54) is 17.2 Å². The topological polar surface area (TPSA) is 98.6 Å². The molecule has 1 aromatic rings. The Labute approximate surface area is 140 Å². The van der Waals surface area contributed by atoms with Gasteiger partial charge in [-0.05, 0) is 11.6 Å². The minimum Gasteiger partial charge on any atom is -0.444 e. The highest BCUT2D eigenvalue weighted by molar-refractivity contribution is 5.92. The Kier molecular flexibility index (Phi) is 4.53. The molecule has 25 heavy (non-hydrogen) atoms. The van der Waals surface area contributed by atoms with Gasteiger partial charge in [0.25, 0.3) is 0 Å². The number of carbonyl (C=O) groups is 2. The molecule has 1 aromatic carbocycles. The van der Waals surface area contributed by atoms with Crippen LogP contribution < -0.4 is 9.80 Å². The smallest absolute Gasteiger partial charge is 0.414 e. The van der Waals surface area contributed by atoms with Gasteiger partial charge in [0.05, 0.1) is 24.5 Å². The molecule has 2 heterocycles. The van der Waals surface area contributed by atoms with Gasteiger partial charge in [-0.1, -0.05) is 5.11 Å². The second kappa shape index (κ2) is 6.78. The van der Waals surface area contributed by atoms with E-state index in [0.717, 1.165) is 17.0 Å². The van der Waals surface area contributed by atoms with Crippen molar-refractivity contribution >= 4 is 23.3 Å². The number of nitrogens with zero attached hydrogens (tertiary/aromatic N) is 5. The lowest BCUT2D eigenvalue weighted by Gasteiger charge is -2.24. The number of ether oxygens (including phenoxy) is 1. The van der Waals surface area contributed by atoms with E-state index < -0.39 is 23.8 Å². The first-order valence-corrected chi connectivity index (χ1v) is 7.45. The van der Waals surface area contributed by atoms with Gasteiger partial charge in [-0.15, -0.1) is 0 Å². The van der Waals surface area contributed by atoms with Crippen molar-refractivity contribution in [2.24, 2.45) is 5.11 Å². The van der Waals surface area contributed by atoms with Gasteiger partial charge in [0.1, 0.15) is 17.7 Å². The molecule has 0 spiro atoms. The Hall–Kier alpha value is -3.13. The normalized spacial score (nSPS) is 19.8. The molecular formula is C15H13F2N5O3. The molecule has 8 nitrogen and oxygen atoms in total. The Morgan fingerprint density at radius 3 is 2.68 bits per heavy atom. The summed E-state index contributed by atoms with van der Waals surface area (Å²) in [4.78, 5) is 28.0. The first-order chi connectivity index (χ1) is 12.0. The van der Waals surface area contributed by atoms with E-state index in [-0.39, 0.29) is 43.2 Å². The SMILES string of the molecule is [N-]=[N+]=NCC1CN(c2cc(F)c(N3C=CC(=O)CC3)cc2F)C(=O)O1. The van der Waals surface area contributed by atoms with Crippen molar-refractivity contribution in [3.8, 4) is 0 Å². The summed E-state index contributed by atoms with van der Waals surface area (Å²) in [6, 6.07) is 1.88. The van der Waals surface area contributed by atoms with Gasteiger partial charge < -0.3 is 9.64 Å². The summed E-state index contributed by atoms with van der Waals surface area (Å²) < 4.78 is 33.8. The van der Waals surface area contributed by atoms with E-state index in [2.05, 4.69) is 10.0 Å². The number of ketones is 1. The Morgan fingerprint density at radius 2 is 2.00 bits per heavy atom. The highest BCUT2D eigenvalue weighted by Gasteiger charge is 2.34. The number of cyclic esters (lactones) is 1. The number of allylic oxidation sites excluding steroid dienone is 1. The van der Waals surface area contributed by atoms with Crippen LogP contribution in [0, 0.1) is 11.6 Å². The molecule has 1 amide bonds. The molecule has 0 aromatic heterocycles. The zero-order chi connectivity index (χ0) is 18.0. The van der Waals surface area contributed by atoms with Crippen molar-refractivity contribution < 1.29 is 23.1 Å². The molecule has 0 saturated carbocycles. The van der Waals surface area contributed by atoms with Gasteiger partial charge in [0.15, 0.2) is 5.78 Å². The van der Waals surface area contributed by atoms with Crippen LogP contribution >= 0.6 is 0 Å². The summed E-state index contributed by atoms with van der Waals surface area (Å²) in [5.41, 5.74) is 8.01. The summed E-state index contributed by atoms with van der Waals surface area (Å²) in [5, 5.41) is 3.30. The minimum absolute atomic E-state index is 0.0248. The molecule has 3 rings (SSSR count). The van der Waals surface area contributed by atoms with Crippen LogP contribution in [0.3, 0.4) is 0 Å². The number of amides is 1. The van der Waals surface area contributed by atoms with Crippen molar-refractivity contribution in [2.45, 2.75) is 12.5 Å². The highest BCUT2D eigenvalue weighted by atomic mass is 19.1. The zero-order valence-corrected chi connectivity index (χ0v) is 12.9. The van der Waals surface area contributed by atoms with E-state index in [1.54, 1.807) is 0 Å². The molecule has 1 saturated heterocycles. The highest BCUT2D eigenvalue weighted by Crippen LogP contribution is 2.32. The van der Waals surface area contributed by atoms with E-state index in [1.807, 2.05) is 0 Å². The van der Waals surface area contributed by atoms with E-state index >= 15 is 0 Å². The Balaban J connectivity index is 1.85. The van der Waals surface area contributed by atoms with Crippen LogP contribution in [0.5, 0.6) is 0 Å². The quantitative estimate of drug-likeness (QED) is 0.474. The summed E-state index contributed by atoms with van der Waals surface area (Å²) in [6.07, 6.45) is 1.34. The average Bonchev–Trinajstić information content (AvgIpc) is 2.96. The lowest BCUT2D eigenvalue weighted by atomic mass is 10.1. The lowest BCUT2D eigenvalue weighted by Crippen LogP contribution is -2.28. The van der Waals surface area contributed by atoms with Crippen molar-refractivity contribution in [1.82, 2.24) is 0 Å². The maximum Gasteiger partial charge on any atom is 0.414 e. The number of hydrogen-bond acceptors (Lipinski definition) is 5. The molecule has 2 aliphatic rings. The Bertz CT molecular complexity index is 807. The molecule has 0 bridgehead atoms. The third-order valence-electron chi connectivity index (χ3n) is 3.88. The van der Waals surface area contributed by atoms with Gasteiger partial charge in [-0.3, -0.25) is 9.69 Å². The molecule has 1 unspecified atom stereocenters. The number of halogens is 2. The van der Waals surface area contributed by atoms with Gasteiger partial charge in [-0.2, -0.15) is 0 Å². The number of benzene rings is 1. The minimum atomic E-state index is -0.840. The van der Waals surface area contributed by atoms with Crippen molar-refractivity contribution in [3.63, 3.8) is 0 Å². The molecule has 2 aliphatic heterocycles. The third kappa shape index (κ3) is 3.38. The Morgan fingerprint density at radius 1 is 1.28 bits per heavy atom. The van der Waals surface area contributed by atoms with Crippen LogP contribution in [0.25, 0.3) is 10.4 Å². The maximum atomic E-state index is 14.5. The molecule has 1 fully saturated rings. The molecule has 0 N–H and O–H groups in total. The number of rotatable bonds is 4. The molecule has 1 atom stereocenters. The van der Waals surface area contributed by atoms with Crippen molar-refractivity contribution in [3.05, 3.63) is 46.5 Å². The molecule has 0 aliphatic carbocycles. The van der Waals surface area contributed by atoms with Crippen LogP contribution in [-0.2, 0) is 9.53 Å². The fourth-order valence-electron chi connectivity index (χ4n) is 2.66. The fourth-order valence-corrected chi connectivity index (χ4v) is 2.66. The molecule has 10 heteroatoms. The first kappa shape index (κ1) is 16.7. The van der Waals surface area contributed by atoms with E-state index in [9.17, 15) is 18.4 Å². The number of anilines is 2. The van der Waals surface area contributed by atoms with Crippen molar-refractivity contribution in [1.29, 1.82) is 0 Å².